The Morgan fingerprint density at radius 3 is 2.39 bits per heavy atom. The molecule has 0 aliphatic carbocycles. The van der Waals surface area contributed by atoms with Gasteiger partial charge in [-0.05, 0) is 17.5 Å². The van der Waals surface area contributed by atoms with E-state index >= 15 is 0 Å². The van der Waals surface area contributed by atoms with Gasteiger partial charge in [0.05, 0.1) is 19.6 Å². The molecule has 18 heavy (non-hydrogen) atoms. The molecule has 4 heteroatoms. The van der Waals surface area contributed by atoms with E-state index in [4.69, 9.17) is 9.84 Å². The molecule has 1 N–H and O–H groups in total. The molecule has 0 spiro atoms. The van der Waals surface area contributed by atoms with Crippen molar-refractivity contribution in [1.82, 2.24) is 4.90 Å². The summed E-state index contributed by atoms with van der Waals surface area (Å²) in [5, 5.41) is 8.69. The number of carboxylic acid groups (broad SMARTS) is 1. The molecule has 2 rings (SSSR count). The zero-order valence-corrected chi connectivity index (χ0v) is 10.5. The molecule has 1 saturated heterocycles. The predicted molar refractivity (Wildman–Crippen MR) is 68.7 cm³/mol. The van der Waals surface area contributed by atoms with Crippen molar-refractivity contribution in [3.05, 3.63) is 35.4 Å². The Labute approximate surface area is 107 Å². The second kappa shape index (κ2) is 6.52. The van der Waals surface area contributed by atoms with Crippen LogP contribution >= 0.6 is 0 Å². The molecule has 0 radical (unpaired) electrons. The molecular formula is C14H19NO3. The van der Waals surface area contributed by atoms with Crippen LogP contribution in [0.3, 0.4) is 0 Å². The highest BCUT2D eigenvalue weighted by molar-refractivity contribution is 5.70. The smallest absolute Gasteiger partial charge is 0.307 e. The van der Waals surface area contributed by atoms with Crippen molar-refractivity contribution >= 4 is 5.97 Å². The molecule has 4 nitrogen and oxygen atoms in total. The molecule has 1 aliphatic rings. The molecule has 1 aromatic carbocycles. The molecular weight excluding hydrogens is 230 g/mol. The second-order valence-corrected chi connectivity index (χ2v) is 4.59. The van der Waals surface area contributed by atoms with Crippen molar-refractivity contribution in [3.63, 3.8) is 0 Å². The minimum atomic E-state index is -0.781. The standard InChI is InChI=1S/C14H19NO3/c16-14(17)11-13-3-1-12(2-4-13)5-6-15-7-9-18-10-8-15/h1-4H,5-11H2,(H,16,17). The molecule has 0 unspecified atom stereocenters. The third-order valence-electron chi connectivity index (χ3n) is 3.20. The fourth-order valence-electron chi connectivity index (χ4n) is 2.11. The number of aliphatic carboxylic acids is 1. The highest BCUT2D eigenvalue weighted by atomic mass is 16.5. The lowest BCUT2D eigenvalue weighted by Crippen LogP contribution is -2.37. The third-order valence-corrected chi connectivity index (χ3v) is 3.20. The van der Waals surface area contributed by atoms with E-state index in [1.807, 2.05) is 24.3 Å². The van der Waals surface area contributed by atoms with E-state index in [1.165, 1.54) is 5.56 Å². The van der Waals surface area contributed by atoms with Crippen LogP contribution in [0.2, 0.25) is 0 Å². The summed E-state index contributed by atoms with van der Waals surface area (Å²) in [5.41, 5.74) is 2.12. The number of ether oxygens (including phenoxy) is 1. The first-order valence-corrected chi connectivity index (χ1v) is 6.34. The number of hydrogen-bond donors (Lipinski definition) is 1. The van der Waals surface area contributed by atoms with Crippen molar-refractivity contribution < 1.29 is 14.6 Å². The summed E-state index contributed by atoms with van der Waals surface area (Å²) in [5.74, 6) is -0.781. The first kappa shape index (κ1) is 13.1. The van der Waals surface area contributed by atoms with Gasteiger partial charge < -0.3 is 9.84 Å². The number of rotatable bonds is 5. The maximum absolute atomic E-state index is 10.6. The molecule has 0 aromatic heterocycles. The topological polar surface area (TPSA) is 49.8 Å². The predicted octanol–water partition coefficient (Wildman–Crippen LogP) is 1.19. The first-order chi connectivity index (χ1) is 8.74. The van der Waals surface area contributed by atoms with Gasteiger partial charge in [-0.3, -0.25) is 9.69 Å². The maximum atomic E-state index is 10.6. The van der Waals surface area contributed by atoms with Crippen LogP contribution in [0, 0.1) is 0 Å². The normalized spacial score (nSPS) is 16.7. The van der Waals surface area contributed by atoms with Gasteiger partial charge >= 0.3 is 5.97 Å². The summed E-state index contributed by atoms with van der Waals surface area (Å²) in [6, 6.07) is 7.86. The zero-order chi connectivity index (χ0) is 12.8. The van der Waals surface area contributed by atoms with E-state index in [0.717, 1.165) is 44.8 Å². The van der Waals surface area contributed by atoms with Crippen molar-refractivity contribution in [2.24, 2.45) is 0 Å². The highest BCUT2D eigenvalue weighted by Crippen LogP contribution is 2.07. The maximum Gasteiger partial charge on any atom is 0.307 e. The summed E-state index contributed by atoms with van der Waals surface area (Å²) in [7, 11) is 0. The van der Waals surface area contributed by atoms with E-state index in [1.54, 1.807) is 0 Å². The van der Waals surface area contributed by atoms with E-state index < -0.39 is 5.97 Å². The fourth-order valence-corrected chi connectivity index (χ4v) is 2.11. The van der Waals surface area contributed by atoms with Gasteiger partial charge in [0.1, 0.15) is 0 Å². The minimum absolute atomic E-state index is 0.101. The minimum Gasteiger partial charge on any atom is -0.481 e. The van der Waals surface area contributed by atoms with Crippen LogP contribution in [0.5, 0.6) is 0 Å². The van der Waals surface area contributed by atoms with Gasteiger partial charge in [-0.15, -0.1) is 0 Å². The van der Waals surface area contributed by atoms with Crippen LogP contribution in [0.25, 0.3) is 0 Å². The quantitative estimate of drug-likeness (QED) is 0.851. The number of hydrogen-bond acceptors (Lipinski definition) is 3. The Morgan fingerprint density at radius 2 is 1.78 bits per heavy atom. The molecule has 0 saturated carbocycles. The monoisotopic (exact) mass is 249 g/mol. The molecule has 1 heterocycles. The van der Waals surface area contributed by atoms with Crippen molar-refractivity contribution in [3.8, 4) is 0 Å². The van der Waals surface area contributed by atoms with Gasteiger partial charge in [0, 0.05) is 19.6 Å². The molecule has 0 bridgehead atoms. The highest BCUT2D eigenvalue weighted by Gasteiger charge is 2.09. The van der Waals surface area contributed by atoms with Crippen LogP contribution in [0.4, 0.5) is 0 Å². The fraction of sp³-hybridized carbons (Fsp3) is 0.500. The summed E-state index contributed by atoms with van der Waals surface area (Å²) < 4.78 is 5.31. The molecule has 98 valence electrons. The molecule has 0 amide bonds. The van der Waals surface area contributed by atoms with Crippen LogP contribution in [-0.2, 0) is 22.4 Å². The Kier molecular flexibility index (Phi) is 4.73. The molecule has 1 fully saturated rings. The number of carbonyl (C=O) groups is 1. The van der Waals surface area contributed by atoms with Gasteiger partial charge in [0.2, 0.25) is 0 Å². The Bertz CT molecular complexity index is 383. The van der Waals surface area contributed by atoms with Crippen LogP contribution in [0.15, 0.2) is 24.3 Å². The van der Waals surface area contributed by atoms with Crippen molar-refractivity contribution in [2.75, 3.05) is 32.8 Å². The van der Waals surface area contributed by atoms with Gasteiger partial charge in [-0.2, -0.15) is 0 Å². The van der Waals surface area contributed by atoms with Gasteiger partial charge in [-0.1, -0.05) is 24.3 Å². The average Bonchev–Trinajstić information content (AvgIpc) is 2.38. The van der Waals surface area contributed by atoms with E-state index in [-0.39, 0.29) is 6.42 Å². The van der Waals surface area contributed by atoms with Gasteiger partial charge in [-0.25, -0.2) is 0 Å². The zero-order valence-electron chi connectivity index (χ0n) is 10.5. The first-order valence-electron chi connectivity index (χ1n) is 6.34. The summed E-state index contributed by atoms with van der Waals surface area (Å²) >= 11 is 0. The summed E-state index contributed by atoms with van der Waals surface area (Å²) in [6.07, 6.45) is 1.11. The Hall–Kier alpha value is -1.39. The average molecular weight is 249 g/mol. The van der Waals surface area contributed by atoms with Crippen LogP contribution in [-0.4, -0.2) is 48.8 Å². The lowest BCUT2D eigenvalue weighted by molar-refractivity contribution is -0.136. The van der Waals surface area contributed by atoms with E-state index in [9.17, 15) is 4.79 Å². The van der Waals surface area contributed by atoms with Crippen molar-refractivity contribution in [1.29, 1.82) is 0 Å². The Morgan fingerprint density at radius 1 is 1.17 bits per heavy atom. The number of benzene rings is 1. The Balaban J connectivity index is 1.80. The van der Waals surface area contributed by atoms with E-state index in [2.05, 4.69) is 4.90 Å². The third kappa shape index (κ3) is 4.13. The summed E-state index contributed by atoms with van der Waals surface area (Å²) in [6.45, 7) is 4.73. The second-order valence-electron chi connectivity index (χ2n) is 4.59. The SMILES string of the molecule is O=C(O)Cc1ccc(CCN2CCOCC2)cc1. The number of carboxylic acids is 1. The number of morpholine rings is 1. The summed E-state index contributed by atoms with van der Waals surface area (Å²) in [4.78, 5) is 13.0. The van der Waals surface area contributed by atoms with Gasteiger partial charge in [0.25, 0.3) is 0 Å². The van der Waals surface area contributed by atoms with Crippen molar-refractivity contribution in [2.45, 2.75) is 12.8 Å². The van der Waals surface area contributed by atoms with E-state index in [0.29, 0.717) is 0 Å². The molecule has 0 atom stereocenters. The molecule has 1 aromatic rings. The lowest BCUT2D eigenvalue weighted by atomic mass is 10.1. The van der Waals surface area contributed by atoms with Gasteiger partial charge in [0.15, 0.2) is 0 Å². The number of nitrogens with zero attached hydrogens (tertiary/aromatic N) is 1. The van der Waals surface area contributed by atoms with Crippen LogP contribution < -0.4 is 0 Å². The lowest BCUT2D eigenvalue weighted by Gasteiger charge is -2.26. The largest absolute Gasteiger partial charge is 0.481 e. The molecule has 1 aliphatic heterocycles. The van der Waals surface area contributed by atoms with Crippen LogP contribution in [0.1, 0.15) is 11.1 Å².